The lowest BCUT2D eigenvalue weighted by molar-refractivity contribution is 0.0531. The molecule has 17 heavy (non-hydrogen) atoms. The minimum Gasteiger partial charge on any atom is -0.382 e. The van der Waals surface area contributed by atoms with Crippen molar-refractivity contribution >= 4 is 0 Å². The third kappa shape index (κ3) is 6.99. The summed E-state index contributed by atoms with van der Waals surface area (Å²) in [7, 11) is 1.71. The Bertz CT molecular complexity index is 190. The first-order chi connectivity index (χ1) is 8.22. The van der Waals surface area contributed by atoms with Crippen molar-refractivity contribution in [1.29, 1.82) is 0 Å². The molecule has 0 aliphatic carbocycles. The van der Waals surface area contributed by atoms with Crippen molar-refractivity contribution in [2.45, 2.75) is 26.3 Å². The fraction of sp³-hybridized carbons (Fsp3) is 1.00. The van der Waals surface area contributed by atoms with Crippen LogP contribution in [0.3, 0.4) is 0 Å². The minimum atomic E-state index is 0.634. The molecule has 0 aromatic heterocycles. The molecule has 0 aromatic carbocycles. The highest BCUT2D eigenvalue weighted by atomic mass is 16.5. The van der Waals surface area contributed by atoms with Gasteiger partial charge in [0.2, 0.25) is 0 Å². The molecule has 0 spiro atoms. The van der Waals surface area contributed by atoms with Gasteiger partial charge in [0.1, 0.15) is 0 Å². The van der Waals surface area contributed by atoms with Gasteiger partial charge in [0, 0.05) is 26.2 Å². The van der Waals surface area contributed by atoms with E-state index in [-0.39, 0.29) is 0 Å². The van der Waals surface area contributed by atoms with Gasteiger partial charge in [-0.05, 0) is 32.4 Å². The number of hydrogen-bond donors (Lipinski definition) is 1. The van der Waals surface area contributed by atoms with E-state index in [0.717, 1.165) is 25.6 Å². The van der Waals surface area contributed by atoms with Crippen LogP contribution in [0.4, 0.5) is 0 Å². The number of methoxy groups -OCH3 is 1. The Morgan fingerprint density at radius 1 is 1.24 bits per heavy atom. The van der Waals surface area contributed by atoms with Crippen molar-refractivity contribution in [3.05, 3.63) is 0 Å². The monoisotopic (exact) mass is 244 g/mol. The third-order valence-corrected chi connectivity index (χ3v) is 3.25. The van der Waals surface area contributed by atoms with E-state index >= 15 is 0 Å². The van der Waals surface area contributed by atoms with E-state index in [1.807, 2.05) is 0 Å². The molecule has 2 atom stereocenters. The van der Waals surface area contributed by atoms with E-state index in [9.17, 15) is 0 Å². The Labute approximate surface area is 106 Å². The Kier molecular flexibility index (Phi) is 7.77. The molecular weight excluding hydrogens is 216 g/mol. The maximum Gasteiger partial charge on any atom is 0.0700 e. The second kappa shape index (κ2) is 8.86. The maximum atomic E-state index is 5.53. The molecule has 102 valence electrons. The highest BCUT2D eigenvalue weighted by Gasteiger charge is 2.15. The average Bonchev–Trinajstić information content (AvgIpc) is 2.31. The standard InChI is InChI=1S/C13H28N2O2/c1-12-10-14-13(2)4-5-15(11-12)6-7-17-9-8-16-3/h12-14H,4-11H2,1-3H3. The van der Waals surface area contributed by atoms with Crippen LogP contribution in [0.25, 0.3) is 0 Å². The minimum absolute atomic E-state index is 0.634. The van der Waals surface area contributed by atoms with Crippen molar-refractivity contribution in [2.24, 2.45) is 5.92 Å². The summed E-state index contributed by atoms with van der Waals surface area (Å²) in [5.41, 5.74) is 0. The van der Waals surface area contributed by atoms with Gasteiger partial charge in [-0.1, -0.05) is 6.92 Å². The van der Waals surface area contributed by atoms with Crippen molar-refractivity contribution in [2.75, 3.05) is 53.1 Å². The average molecular weight is 244 g/mol. The van der Waals surface area contributed by atoms with Gasteiger partial charge in [0.05, 0.1) is 19.8 Å². The second-order valence-corrected chi connectivity index (χ2v) is 5.11. The number of nitrogens with one attached hydrogen (secondary N) is 1. The summed E-state index contributed by atoms with van der Waals surface area (Å²) in [4.78, 5) is 2.52. The summed E-state index contributed by atoms with van der Waals surface area (Å²) >= 11 is 0. The number of ether oxygens (including phenoxy) is 2. The summed E-state index contributed by atoms with van der Waals surface area (Å²) in [6.07, 6.45) is 1.23. The molecule has 1 rings (SSSR count). The van der Waals surface area contributed by atoms with Gasteiger partial charge in [0.15, 0.2) is 0 Å². The van der Waals surface area contributed by atoms with Crippen LogP contribution in [0.2, 0.25) is 0 Å². The highest BCUT2D eigenvalue weighted by molar-refractivity contribution is 4.73. The largest absolute Gasteiger partial charge is 0.382 e. The number of rotatable bonds is 6. The second-order valence-electron chi connectivity index (χ2n) is 5.11. The molecule has 1 N–H and O–H groups in total. The van der Waals surface area contributed by atoms with Gasteiger partial charge in [-0.3, -0.25) is 0 Å². The van der Waals surface area contributed by atoms with E-state index in [0.29, 0.717) is 19.3 Å². The molecule has 2 unspecified atom stereocenters. The molecule has 0 radical (unpaired) electrons. The Morgan fingerprint density at radius 3 is 2.82 bits per heavy atom. The van der Waals surface area contributed by atoms with Crippen molar-refractivity contribution in [3.63, 3.8) is 0 Å². The Hall–Kier alpha value is -0.160. The van der Waals surface area contributed by atoms with Crippen LogP contribution in [-0.4, -0.2) is 64.1 Å². The number of nitrogens with zero attached hydrogens (tertiary/aromatic N) is 1. The zero-order chi connectivity index (χ0) is 12.5. The first kappa shape index (κ1) is 14.9. The fourth-order valence-electron chi connectivity index (χ4n) is 2.12. The zero-order valence-electron chi connectivity index (χ0n) is 11.6. The Morgan fingerprint density at radius 2 is 2.06 bits per heavy atom. The lowest BCUT2D eigenvalue weighted by Gasteiger charge is -2.31. The van der Waals surface area contributed by atoms with Gasteiger partial charge in [-0.15, -0.1) is 0 Å². The van der Waals surface area contributed by atoms with Gasteiger partial charge in [-0.25, -0.2) is 0 Å². The molecular formula is C13H28N2O2. The van der Waals surface area contributed by atoms with Crippen LogP contribution in [0.15, 0.2) is 0 Å². The predicted octanol–water partition coefficient (Wildman–Crippen LogP) is 0.969. The predicted molar refractivity (Wildman–Crippen MR) is 70.4 cm³/mol. The molecule has 1 heterocycles. The van der Waals surface area contributed by atoms with Crippen molar-refractivity contribution < 1.29 is 9.47 Å². The van der Waals surface area contributed by atoms with Gasteiger partial charge < -0.3 is 19.7 Å². The molecule has 0 aromatic rings. The lowest BCUT2D eigenvalue weighted by atomic mass is 10.1. The number of hydrogen-bond acceptors (Lipinski definition) is 4. The normalized spacial score (nSPS) is 27.7. The molecule has 0 saturated carbocycles. The van der Waals surface area contributed by atoms with Crippen LogP contribution in [-0.2, 0) is 9.47 Å². The molecule has 4 nitrogen and oxygen atoms in total. The maximum absolute atomic E-state index is 5.53. The van der Waals surface area contributed by atoms with Gasteiger partial charge in [-0.2, -0.15) is 0 Å². The zero-order valence-corrected chi connectivity index (χ0v) is 11.6. The molecule has 1 saturated heterocycles. The molecule has 1 aliphatic heterocycles. The van der Waals surface area contributed by atoms with E-state index in [4.69, 9.17) is 9.47 Å². The van der Waals surface area contributed by atoms with E-state index in [2.05, 4.69) is 24.1 Å². The van der Waals surface area contributed by atoms with Crippen molar-refractivity contribution in [1.82, 2.24) is 10.2 Å². The Balaban J connectivity index is 2.16. The van der Waals surface area contributed by atoms with E-state index in [1.54, 1.807) is 7.11 Å². The van der Waals surface area contributed by atoms with Crippen LogP contribution in [0, 0.1) is 5.92 Å². The van der Waals surface area contributed by atoms with Crippen LogP contribution in [0.5, 0.6) is 0 Å². The molecule has 1 aliphatic rings. The van der Waals surface area contributed by atoms with Crippen LogP contribution < -0.4 is 5.32 Å². The first-order valence-electron chi connectivity index (χ1n) is 6.74. The quantitative estimate of drug-likeness (QED) is 0.706. The first-order valence-corrected chi connectivity index (χ1v) is 6.74. The highest BCUT2D eigenvalue weighted by Crippen LogP contribution is 2.06. The molecule has 0 amide bonds. The van der Waals surface area contributed by atoms with E-state index in [1.165, 1.54) is 19.5 Å². The summed E-state index contributed by atoms with van der Waals surface area (Å²) in [5.74, 6) is 0.719. The SMILES string of the molecule is COCCOCCN1CCC(C)NCC(C)C1. The summed E-state index contributed by atoms with van der Waals surface area (Å²) in [6.45, 7) is 11.3. The molecule has 4 heteroatoms. The molecule has 0 bridgehead atoms. The summed E-state index contributed by atoms with van der Waals surface area (Å²) in [6, 6.07) is 0.634. The molecule has 1 fully saturated rings. The van der Waals surface area contributed by atoms with Crippen molar-refractivity contribution in [3.8, 4) is 0 Å². The third-order valence-electron chi connectivity index (χ3n) is 3.25. The van der Waals surface area contributed by atoms with Gasteiger partial charge in [0.25, 0.3) is 0 Å². The van der Waals surface area contributed by atoms with E-state index < -0.39 is 0 Å². The topological polar surface area (TPSA) is 33.7 Å². The lowest BCUT2D eigenvalue weighted by Crippen LogP contribution is -2.43. The van der Waals surface area contributed by atoms with Crippen LogP contribution >= 0.6 is 0 Å². The van der Waals surface area contributed by atoms with Gasteiger partial charge >= 0.3 is 0 Å². The summed E-state index contributed by atoms with van der Waals surface area (Å²) < 4.78 is 10.5. The summed E-state index contributed by atoms with van der Waals surface area (Å²) in [5, 5.41) is 3.56. The fourth-order valence-corrected chi connectivity index (χ4v) is 2.12. The smallest absolute Gasteiger partial charge is 0.0700 e. The van der Waals surface area contributed by atoms with Crippen LogP contribution in [0.1, 0.15) is 20.3 Å².